The highest BCUT2D eigenvalue weighted by molar-refractivity contribution is 5.94. The van der Waals surface area contributed by atoms with E-state index in [2.05, 4.69) is 14.9 Å². The highest BCUT2D eigenvalue weighted by Crippen LogP contribution is 2.08. The zero-order valence-electron chi connectivity index (χ0n) is 9.31. The van der Waals surface area contributed by atoms with Crippen molar-refractivity contribution >= 4 is 11.9 Å². The molecule has 0 radical (unpaired) electrons. The smallest absolute Gasteiger partial charge is 0.358 e. The summed E-state index contributed by atoms with van der Waals surface area (Å²) in [5.74, 6) is -1.17. The summed E-state index contributed by atoms with van der Waals surface area (Å²) in [6.07, 6.45) is 0. The van der Waals surface area contributed by atoms with Gasteiger partial charge in [0.1, 0.15) is 0 Å². The third-order valence-electron chi connectivity index (χ3n) is 1.87. The second-order valence-electron chi connectivity index (χ2n) is 2.94. The van der Waals surface area contributed by atoms with Gasteiger partial charge in [-0.15, -0.1) is 5.10 Å². The average molecular weight is 224 g/mol. The van der Waals surface area contributed by atoms with E-state index in [1.165, 1.54) is 13.2 Å². The van der Waals surface area contributed by atoms with Gasteiger partial charge < -0.3 is 9.47 Å². The van der Waals surface area contributed by atoms with Gasteiger partial charge in [0.05, 0.1) is 25.0 Å². The van der Waals surface area contributed by atoms with Crippen molar-refractivity contribution in [3.05, 3.63) is 23.0 Å². The second kappa shape index (κ2) is 5.20. The van der Waals surface area contributed by atoms with Crippen molar-refractivity contribution in [3.8, 4) is 0 Å². The molecule has 86 valence electrons. The summed E-state index contributed by atoms with van der Waals surface area (Å²) in [6, 6.07) is 1.31. The molecule has 1 aromatic heterocycles. The van der Waals surface area contributed by atoms with Gasteiger partial charge in [-0.2, -0.15) is 5.10 Å². The zero-order chi connectivity index (χ0) is 12.1. The van der Waals surface area contributed by atoms with E-state index in [0.29, 0.717) is 5.69 Å². The minimum Gasteiger partial charge on any atom is -0.464 e. The van der Waals surface area contributed by atoms with Crippen molar-refractivity contribution in [2.24, 2.45) is 0 Å². The first-order valence-electron chi connectivity index (χ1n) is 4.70. The summed E-state index contributed by atoms with van der Waals surface area (Å²) in [7, 11) is 1.23. The number of carbonyl (C=O) groups is 2. The van der Waals surface area contributed by atoms with E-state index in [0.717, 1.165) is 0 Å². The van der Waals surface area contributed by atoms with Gasteiger partial charge in [-0.3, -0.25) is 0 Å². The fourth-order valence-corrected chi connectivity index (χ4v) is 1.07. The molecule has 1 heterocycles. The van der Waals surface area contributed by atoms with E-state index in [1.807, 2.05) is 0 Å². The molecule has 0 aliphatic heterocycles. The van der Waals surface area contributed by atoms with Gasteiger partial charge in [-0.05, 0) is 19.9 Å². The fraction of sp³-hybridized carbons (Fsp3) is 0.400. The topological polar surface area (TPSA) is 78.4 Å². The molecule has 0 aromatic carbocycles. The zero-order valence-corrected chi connectivity index (χ0v) is 9.31. The van der Waals surface area contributed by atoms with Crippen molar-refractivity contribution in [2.75, 3.05) is 13.7 Å². The van der Waals surface area contributed by atoms with Gasteiger partial charge in [0.2, 0.25) is 0 Å². The van der Waals surface area contributed by atoms with Gasteiger partial charge in [0, 0.05) is 0 Å². The first-order valence-corrected chi connectivity index (χ1v) is 4.70. The van der Waals surface area contributed by atoms with Crippen LogP contribution in [-0.2, 0) is 9.47 Å². The number of hydrogen-bond acceptors (Lipinski definition) is 6. The number of carbonyl (C=O) groups excluding carboxylic acids is 2. The minimum absolute atomic E-state index is 0.0175. The molecule has 6 nitrogen and oxygen atoms in total. The summed E-state index contributed by atoms with van der Waals surface area (Å²) in [5, 5.41) is 7.32. The molecule has 0 amide bonds. The van der Waals surface area contributed by atoms with Crippen molar-refractivity contribution < 1.29 is 19.1 Å². The van der Waals surface area contributed by atoms with Crippen molar-refractivity contribution in [3.63, 3.8) is 0 Å². The first kappa shape index (κ1) is 12.1. The summed E-state index contributed by atoms with van der Waals surface area (Å²) >= 11 is 0. The quantitative estimate of drug-likeness (QED) is 0.705. The van der Waals surface area contributed by atoms with Crippen LogP contribution in [-0.4, -0.2) is 35.9 Å². The van der Waals surface area contributed by atoms with E-state index < -0.39 is 11.9 Å². The van der Waals surface area contributed by atoms with Gasteiger partial charge in [0.25, 0.3) is 0 Å². The van der Waals surface area contributed by atoms with E-state index in [-0.39, 0.29) is 17.9 Å². The maximum absolute atomic E-state index is 11.5. The molecule has 0 N–H and O–H groups in total. The summed E-state index contributed by atoms with van der Waals surface area (Å²) in [5.41, 5.74) is 0.611. The van der Waals surface area contributed by atoms with Crippen molar-refractivity contribution in [1.82, 2.24) is 10.2 Å². The third kappa shape index (κ3) is 2.53. The van der Waals surface area contributed by atoms with E-state index in [9.17, 15) is 9.59 Å². The number of aryl methyl sites for hydroxylation is 1. The van der Waals surface area contributed by atoms with Crippen LogP contribution in [0.5, 0.6) is 0 Å². The Morgan fingerprint density at radius 1 is 1.31 bits per heavy atom. The van der Waals surface area contributed by atoms with Crippen LogP contribution >= 0.6 is 0 Å². The van der Waals surface area contributed by atoms with Gasteiger partial charge in [-0.25, -0.2) is 9.59 Å². The molecule has 6 heteroatoms. The Morgan fingerprint density at radius 2 is 2.00 bits per heavy atom. The second-order valence-corrected chi connectivity index (χ2v) is 2.94. The predicted molar refractivity (Wildman–Crippen MR) is 54.1 cm³/mol. The molecule has 0 atom stereocenters. The lowest BCUT2D eigenvalue weighted by molar-refractivity contribution is 0.0524. The summed E-state index contributed by atoms with van der Waals surface area (Å²) in [4.78, 5) is 22.7. The lowest BCUT2D eigenvalue weighted by Gasteiger charge is -2.05. The molecule has 0 fully saturated rings. The van der Waals surface area contributed by atoms with Crippen LogP contribution in [0.2, 0.25) is 0 Å². The normalized spacial score (nSPS) is 9.69. The number of rotatable bonds is 3. The van der Waals surface area contributed by atoms with Crippen LogP contribution in [0.15, 0.2) is 6.07 Å². The lowest BCUT2D eigenvalue weighted by atomic mass is 10.2. The van der Waals surface area contributed by atoms with Crippen molar-refractivity contribution in [1.29, 1.82) is 0 Å². The Bertz CT molecular complexity index is 417. The average Bonchev–Trinajstić information content (AvgIpc) is 2.29. The Labute approximate surface area is 92.6 Å². The molecular weight excluding hydrogens is 212 g/mol. The first-order chi connectivity index (χ1) is 7.60. The molecule has 1 aromatic rings. The molecule has 0 unspecified atom stereocenters. The van der Waals surface area contributed by atoms with Crippen LogP contribution in [0.3, 0.4) is 0 Å². The van der Waals surface area contributed by atoms with Crippen LogP contribution in [0, 0.1) is 6.92 Å². The number of hydrogen-bond donors (Lipinski definition) is 0. The third-order valence-corrected chi connectivity index (χ3v) is 1.87. The van der Waals surface area contributed by atoms with Crippen LogP contribution in [0.1, 0.15) is 33.5 Å². The van der Waals surface area contributed by atoms with E-state index in [1.54, 1.807) is 13.8 Å². The maximum Gasteiger partial charge on any atom is 0.358 e. The largest absolute Gasteiger partial charge is 0.464 e. The van der Waals surface area contributed by atoms with Crippen LogP contribution < -0.4 is 0 Å². The van der Waals surface area contributed by atoms with Crippen LogP contribution in [0.4, 0.5) is 0 Å². The number of nitrogens with zero attached hydrogens (tertiary/aromatic N) is 2. The highest BCUT2D eigenvalue weighted by atomic mass is 16.5. The maximum atomic E-state index is 11.5. The summed E-state index contributed by atoms with van der Waals surface area (Å²) in [6.45, 7) is 3.57. The number of ether oxygens (including phenoxy) is 2. The van der Waals surface area contributed by atoms with Gasteiger partial charge in [0.15, 0.2) is 5.69 Å². The minimum atomic E-state index is -0.641. The number of esters is 2. The summed E-state index contributed by atoms with van der Waals surface area (Å²) < 4.78 is 9.30. The SMILES string of the molecule is CCOC(=O)c1cc(C(=O)OC)nnc1C. The Morgan fingerprint density at radius 3 is 2.56 bits per heavy atom. The standard InChI is InChI=1S/C10H12N2O4/c1-4-16-9(13)7-5-8(10(14)15-3)12-11-6(7)2/h5H,4H2,1-3H3. The Balaban J connectivity index is 3.08. The van der Waals surface area contributed by atoms with Crippen molar-refractivity contribution in [2.45, 2.75) is 13.8 Å². The molecule has 0 spiro atoms. The molecule has 0 aliphatic carbocycles. The fourth-order valence-electron chi connectivity index (χ4n) is 1.07. The lowest BCUT2D eigenvalue weighted by Crippen LogP contribution is -2.13. The predicted octanol–water partition coefficient (Wildman–Crippen LogP) is 0.748. The van der Waals surface area contributed by atoms with E-state index >= 15 is 0 Å². The molecule has 0 bridgehead atoms. The Hall–Kier alpha value is -1.98. The molecule has 0 saturated carbocycles. The monoisotopic (exact) mass is 224 g/mol. The Kier molecular flexibility index (Phi) is 3.93. The van der Waals surface area contributed by atoms with Gasteiger partial charge >= 0.3 is 11.9 Å². The molecular formula is C10H12N2O4. The molecule has 16 heavy (non-hydrogen) atoms. The molecule has 0 aliphatic rings. The van der Waals surface area contributed by atoms with Crippen LogP contribution in [0.25, 0.3) is 0 Å². The highest BCUT2D eigenvalue weighted by Gasteiger charge is 2.16. The number of aromatic nitrogens is 2. The number of methoxy groups -OCH3 is 1. The van der Waals surface area contributed by atoms with E-state index in [4.69, 9.17) is 4.74 Å². The molecule has 0 saturated heterocycles. The van der Waals surface area contributed by atoms with Gasteiger partial charge in [-0.1, -0.05) is 0 Å². The molecule has 1 rings (SSSR count).